The largest absolute Gasteiger partial charge is 0.378 e. The van der Waals surface area contributed by atoms with Gasteiger partial charge in [0.1, 0.15) is 0 Å². The summed E-state index contributed by atoms with van der Waals surface area (Å²) >= 11 is 1.78. The second-order valence-corrected chi connectivity index (χ2v) is 4.99. The lowest BCUT2D eigenvalue weighted by Gasteiger charge is -2.10. The van der Waals surface area contributed by atoms with Crippen LogP contribution >= 0.6 is 11.8 Å². The average Bonchev–Trinajstić information content (AvgIpc) is 2.80. The van der Waals surface area contributed by atoms with Crippen LogP contribution in [0.2, 0.25) is 0 Å². The van der Waals surface area contributed by atoms with Crippen molar-refractivity contribution in [1.29, 1.82) is 0 Å². The summed E-state index contributed by atoms with van der Waals surface area (Å²) in [6.45, 7) is 6.52. The second-order valence-electron chi connectivity index (χ2n) is 3.92. The summed E-state index contributed by atoms with van der Waals surface area (Å²) in [6, 6.07) is 8.30. The number of imidazole rings is 1. The van der Waals surface area contributed by atoms with E-state index in [0.717, 1.165) is 29.4 Å². The zero-order valence-corrected chi connectivity index (χ0v) is 11.3. The van der Waals surface area contributed by atoms with Gasteiger partial charge in [-0.05, 0) is 19.1 Å². The lowest BCUT2D eigenvalue weighted by molar-refractivity contribution is 1.04. The van der Waals surface area contributed by atoms with Gasteiger partial charge in [0.2, 0.25) is 0 Å². The molecule has 0 aliphatic rings. The Balaban J connectivity index is 2.04. The molecular formula is C14H17N3S. The summed E-state index contributed by atoms with van der Waals surface area (Å²) in [5.74, 6) is 0.917. The normalized spacial score (nSPS) is 10.3. The van der Waals surface area contributed by atoms with Gasteiger partial charge in [-0.1, -0.05) is 18.2 Å². The summed E-state index contributed by atoms with van der Waals surface area (Å²) in [6.07, 6.45) is 3.64. The SMILES string of the molecule is C=CCSc1ccccc1NCc1nc[nH]c1C. The molecule has 0 fully saturated rings. The van der Waals surface area contributed by atoms with Crippen LogP contribution in [0.1, 0.15) is 11.4 Å². The first-order valence-corrected chi connectivity index (χ1v) is 6.85. The van der Waals surface area contributed by atoms with Crippen molar-refractivity contribution in [3.05, 3.63) is 54.6 Å². The molecule has 2 rings (SSSR count). The Bertz CT molecular complexity index is 519. The van der Waals surface area contributed by atoms with E-state index in [4.69, 9.17) is 0 Å². The Kier molecular flexibility index (Phi) is 4.47. The number of benzene rings is 1. The van der Waals surface area contributed by atoms with Gasteiger partial charge in [-0.15, -0.1) is 18.3 Å². The predicted molar refractivity (Wildman–Crippen MR) is 78.0 cm³/mol. The highest BCUT2D eigenvalue weighted by Crippen LogP contribution is 2.27. The molecule has 94 valence electrons. The van der Waals surface area contributed by atoms with E-state index in [2.05, 4.69) is 40.1 Å². The van der Waals surface area contributed by atoms with E-state index in [9.17, 15) is 0 Å². The van der Waals surface area contributed by atoms with Gasteiger partial charge in [-0.2, -0.15) is 0 Å². The molecule has 0 unspecified atom stereocenters. The maximum Gasteiger partial charge on any atom is 0.0925 e. The molecule has 0 saturated carbocycles. The molecule has 0 aliphatic heterocycles. The van der Waals surface area contributed by atoms with Crippen molar-refractivity contribution in [3.8, 4) is 0 Å². The minimum absolute atomic E-state index is 0.737. The van der Waals surface area contributed by atoms with Gasteiger partial charge in [0.05, 0.1) is 18.6 Å². The molecular weight excluding hydrogens is 242 g/mol. The van der Waals surface area contributed by atoms with E-state index in [1.54, 1.807) is 18.1 Å². The zero-order valence-electron chi connectivity index (χ0n) is 10.4. The summed E-state index contributed by atoms with van der Waals surface area (Å²) < 4.78 is 0. The lowest BCUT2D eigenvalue weighted by Crippen LogP contribution is -2.02. The van der Waals surface area contributed by atoms with Crippen LogP contribution in [0.4, 0.5) is 5.69 Å². The van der Waals surface area contributed by atoms with Gasteiger partial charge in [0, 0.05) is 22.0 Å². The number of aryl methyl sites for hydroxylation is 1. The van der Waals surface area contributed by atoms with Crippen LogP contribution in [-0.2, 0) is 6.54 Å². The maximum atomic E-state index is 4.28. The van der Waals surface area contributed by atoms with Crippen LogP contribution in [0.5, 0.6) is 0 Å². The molecule has 0 amide bonds. The minimum atomic E-state index is 0.737. The molecule has 18 heavy (non-hydrogen) atoms. The van der Waals surface area contributed by atoms with Gasteiger partial charge >= 0.3 is 0 Å². The fraction of sp³-hybridized carbons (Fsp3) is 0.214. The van der Waals surface area contributed by atoms with E-state index in [1.165, 1.54) is 4.90 Å². The van der Waals surface area contributed by atoms with Crippen LogP contribution in [0.25, 0.3) is 0 Å². The highest BCUT2D eigenvalue weighted by atomic mass is 32.2. The highest BCUT2D eigenvalue weighted by molar-refractivity contribution is 7.99. The predicted octanol–water partition coefficient (Wildman–Crippen LogP) is 3.61. The van der Waals surface area contributed by atoms with Crippen molar-refractivity contribution in [3.63, 3.8) is 0 Å². The Hall–Kier alpha value is -1.68. The molecule has 0 radical (unpaired) electrons. The van der Waals surface area contributed by atoms with Gasteiger partial charge in [0.25, 0.3) is 0 Å². The van der Waals surface area contributed by atoms with E-state index < -0.39 is 0 Å². The number of H-pyrrole nitrogens is 1. The Labute approximate surface area is 112 Å². The van der Waals surface area contributed by atoms with Gasteiger partial charge < -0.3 is 10.3 Å². The topological polar surface area (TPSA) is 40.7 Å². The van der Waals surface area contributed by atoms with Crippen molar-refractivity contribution in [2.24, 2.45) is 0 Å². The average molecular weight is 259 g/mol. The summed E-state index contributed by atoms with van der Waals surface area (Å²) in [4.78, 5) is 8.61. The number of hydrogen-bond donors (Lipinski definition) is 2. The van der Waals surface area contributed by atoms with Gasteiger partial charge in [-0.3, -0.25) is 0 Å². The van der Waals surface area contributed by atoms with Crippen LogP contribution in [-0.4, -0.2) is 15.7 Å². The zero-order chi connectivity index (χ0) is 12.8. The number of aromatic nitrogens is 2. The van der Waals surface area contributed by atoms with Crippen LogP contribution in [0.3, 0.4) is 0 Å². The van der Waals surface area contributed by atoms with Crippen molar-refractivity contribution in [2.75, 3.05) is 11.1 Å². The highest BCUT2D eigenvalue weighted by Gasteiger charge is 2.04. The number of thioether (sulfide) groups is 1. The standard InChI is InChI=1S/C14H17N3S/c1-3-8-18-14-7-5-4-6-12(14)15-9-13-11(2)16-10-17-13/h3-7,10,15H,1,8-9H2,2H3,(H,16,17). The minimum Gasteiger partial charge on any atom is -0.378 e. The van der Waals surface area contributed by atoms with Crippen LogP contribution in [0, 0.1) is 6.92 Å². The molecule has 1 heterocycles. The van der Waals surface area contributed by atoms with Crippen LogP contribution in [0.15, 0.2) is 48.1 Å². The van der Waals surface area contributed by atoms with E-state index >= 15 is 0 Å². The third-order valence-electron chi connectivity index (χ3n) is 2.62. The molecule has 0 bridgehead atoms. The third kappa shape index (κ3) is 3.17. The number of nitrogens with one attached hydrogen (secondary N) is 2. The molecule has 0 aliphatic carbocycles. The molecule has 0 saturated heterocycles. The van der Waals surface area contributed by atoms with E-state index in [1.807, 2.05) is 19.1 Å². The quantitative estimate of drug-likeness (QED) is 0.615. The number of para-hydroxylation sites is 1. The molecule has 2 N–H and O–H groups in total. The molecule has 0 spiro atoms. The monoisotopic (exact) mass is 259 g/mol. The van der Waals surface area contributed by atoms with Crippen LogP contribution < -0.4 is 5.32 Å². The second kappa shape index (κ2) is 6.31. The summed E-state index contributed by atoms with van der Waals surface area (Å²) in [7, 11) is 0. The summed E-state index contributed by atoms with van der Waals surface area (Å²) in [5, 5.41) is 3.43. The number of hydrogen-bond acceptors (Lipinski definition) is 3. The lowest BCUT2D eigenvalue weighted by atomic mass is 10.3. The first-order chi connectivity index (χ1) is 8.81. The molecule has 2 aromatic rings. The van der Waals surface area contributed by atoms with Gasteiger partial charge in [0.15, 0.2) is 0 Å². The smallest absolute Gasteiger partial charge is 0.0925 e. The number of nitrogens with zero attached hydrogens (tertiary/aromatic N) is 1. The summed E-state index contributed by atoms with van der Waals surface area (Å²) in [5.41, 5.74) is 3.31. The Morgan fingerprint density at radius 1 is 1.44 bits per heavy atom. The van der Waals surface area contributed by atoms with Crippen molar-refractivity contribution < 1.29 is 0 Å². The molecule has 1 aromatic carbocycles. The van der Waals surface area contributed by atoms with Gasteiger partial charge in [-0.25, -0.2) is 4.98 Å². The fourth-order valence-corrected chi connectivity index (χ4v) is 2.40. The first-order valence-electron chi connectivity index (χ1n) is 5.86. The van der Waals surface area contributed by atoms with E-state index in [-0.39, 0.29) is 0 Å². The number of anilines is 1. The molecule has 3 nitrogen and oxygen atoms in total. The molecule has 4 heteroatoms. The van der Waals surface area contributed by atoms with E-state index in [0.29, 0.717) is 0 Å². The fourth-order valence-electron chi connectivity index (χ4n) is 1.63. The van der Waals surface area contributed by atoms with Crippen molar-refractivity contribution in [1.82, 2.24) is 9.97 Å². The Morgan fingerprint density at radius 3 is 3.00 bits per heavy atom. The third-order valence-corrected chi connectivity index (χ3v) is 3.69. The van der Waals surface area contributed by atoms with Crippen molar-refractivity contribution >= 4 is 17.4 Å². The number of rotatable bonds is 6. The maximum absolute atomic E-state index is 4.28. The first kappa shape index (κ1) is 12.8. The molecule has 0 atom stereocenters. The number of aromatic amines is 1. The van der Waals surface area contributed by atoms with Crippen molar-refractivity contribution in [2.45, 2.75) is 18.4 Å². The molecule has 1 aromatic heterocycles. The Morgan fingerprint density at radius 2 is 2.28 bits per heavy atom.